The smallest absolute Gasteiger partial charge is 0.434 e. The van der Waals surface area contributed by atoms with Gasteiger partial charge < -0.3 is 9.84 Å². The van der Waals surface area contributed by atoms with E-state index in [9.17, 15) is 9.90 Å². The third-order valence-electron chi connectivity index (χ3n) is 3.48. The van der Waals surface area contributed by atoms with Crippen molar-refractivity contribution in [3.8, 4) is 0 Å². The first-order valence-electron chi connectivity index (χ1n) is 6.96. The van der Waals surface area contributed by atoms with Crippen LogP contribution in [0.4, 0.5) is 4.79 Å². The van der Waals surface area contributed by atoms with Crippen molar-refractivity contribution in [3.05, 3.63) is 35.9 Å². The maximum absolute atomic E-state index is 11.6. The van der Waals surface area contributed by atoms with E-state index in [1.54, 1.807) is 12.1 Å². The number of cyclic esters (lactones) is 1. The lowest BCUT2D eigenvalue weighted by atomic mass is 10.1. The van der Waals surface area contributed by atoms with Gasteiger partial charge in [0.15, 0.2) is 0 Å². The number of nitrogens with zero attached hydrogens (tertiary/aromatic N) is 1. The number of benzene rings is 1. The Morgan fingerprint density at radius 1 is 1.43 bits per heavy atom. The van der Waals surface area contributed by atoms with E-state index in [1.165, 1.54) is 5.06 Å². The summed E-state index contributed by atoms with van der Waals surface area (Å²) in [6, 6.07) is 8.98. The molecule has 21 heavy (non-hydrogen) atoms. The molecule has 2 rings (SSSR count). The van der Waals surface area contributed by atoms with Crippen molar-refractivity contribution in [2.75, 3.05) is 13.2 Å². The number of rotatable bonds is 6. The normalized spacial score (nSPS) is 21.5. The van der Waals surface area contributed by atoms with Gasteiger partial charge in [-0.3, -0.25) is 4.84 Å². The molecule has 0 spiro atoms. The van der Waals surface area contributed by atoms with Gasteiger partial charge in [0.1, 0.15) is 6.61 Å². The molecule has 1 aliphatic rings. The summed E-state index contributed by atoms with van der Waals surface area (Å²) in [6.07, 6.45) is -1.37. The molecule has 1 aromatic rings. The van der Waals surface area contributed by atoms with Gasteiger partial charge in [-0.25, -0.2) is 4.79 Å². The van der Waals surface area contributed by atoms with Crippen molar-refractivity contribution >= 4 is 17.7 Å². The molecule has 116 valence electrons. The highest BCUT2D eigenvalue weighted by atomic mass is 35.5. The third-order valence-corrected chi connectivity index (χ3v) is 3.85. The Hall–Kier alpha value is -1.30. The highest BCUT2D eigenvalue weighted by molar-refractivity contribution is 6.21. The molecule has 1 aromatic carbocycles. The molecular weight excluding hydrogens is 294 g/mol. The SMILES string of the molecule is CC(C)[C@H]1COC(=O)N1OC[C@H](Cl)[C@@H](O)c1ccccc1. The molecule has 6 heteroatoms. The summed E-state index contributed by atoms with van der Waals surface area (Å²) in [5.41, 5.74) is 0.713. The molecule has 1 fully saturated rings. The van der Waals surface area contributed by atoms with Crippen LogP contribution in [-0.2, 0) is 9.57 Å². The number of carbonyl (C=O) groups is 1. The molecule has 0 radical (unpaired) electrons. The Bertz CT molecular complexity index is 468. The highest BCUT2D eigenvalue weighted by Crippen LogP contribution is 2.24. The summed E-state index contributed by atoms with van der Waals surface area (Å²) in [6.45, 7) is 4.31. The quantitative estimate of drug-likeness (QED) is 0.820. The topological polar surface area (TPSA) is 59.0 Å². The monoisotopic (exact) mass is 313 g/mol. The largest absolute Gasteiger partial charge is 0.446 e. The molecule has 0 unspecified atom stereocenters. The van der Waals surface area contributed by atoms with Crippen molar-refractivity contribution in [2.24, 2.45) is 5.92 Å². The van der Waals surface area contributed by atoms with Gasteiger partial charge in [-0.2, -0.15) is 5.06 Å². The molecule has 1 saturated heterocycles. The number of alkyl halides is 1. The molecule has 0 bridgehead atoms. The van der Waals surface area contributed by atoms with E-state index in [1.807, 2.05) is 32.0 Å². The van der Waals surface area contributed by atoms with Crippen molar-refractivity contribution in [1.82, 2.24) is 5.06 Å². The van der Waals surface area contributed by atoms with E-state index in [0.29, 0.717) is 12.2 Å². The first kappa shape index (κ1) is 16.1. The summed E-state index contributed by atoms with van der Waals surface area (Å²) in [5.74, 6) is 0.212. The Morgan fingerprint density at radius 3 is 2.71 bits per heavy atom. The molecule has 3 atom stereocenters. The number of amides is 1. The fraction of sp³-hybridized carbons (Fsp3) is 0.533. The lowest BCUT2D eigenvalue weighted by Crippen LogP contribution is -2.39. The molecule has 0 aromatic heterocycles. The zero-order valence-corrected chi connectivity index (χ0v) is 12.9. The number of hydrogen-bond donors (Lipinski definition) is 1. The van der Waals surface area contributed by atoms with Crippen LogP contribution in [0.5, 0.6) is 0 Å². The number of hydrogen-bond acceptors (Lipinski definition) is 4. The summed E-state index contributed by atoms with van der Waals surface area (Å²) in [5, 5.41) is 10.7. The number of aliphatic hydroxyl groups is 1. The second-order valence-electron chi connectivity index (χ2n) is 5.38. The van der Waals surface area contributed by atoms with E-state index in [0.717, 1.165) is 0 Å². The van der Waals surface area contributed by atoms with Crippen LogP contribution < -0.4 is 0 Å². The van der Waals surface area contributed by atoms with Crippen LogP contribution in [0, 0.1) is 5.92 Å². The lowest BCUT2D eigenvalue weighted by Gasteiger charge is -2.25. The van der Waals surface area contributed by atoms with Crippen LogP contribution in [0.1, 0.15) is 25.5 Å². The van der Waals surface area contributed by atoms with Crippen LogP contribution >= 0.6 is 11.6 Å². The lowest BCUT2D eigenvalue weighted by molar-refractivity contribution is -0.143. The number of hydroxylamine groups is 2. The van der Waals surface area contributed by atoms with Crippen LogP contribution in [0.2, 0.25) is 0 Å². The van der Waals surface area contributed by atoms with Crippen molar-refractivity contribution < 1.29 is 19.5 Å². The number of halogens is 1. The van der Waals surface area contributed by atoms with Gasteiger partial charge in [-0.15, -0.1) is 11.6 Å². The summed E-state index contributed by atoms with van der Waals surface area (Å²) in [4.78, 5) is 17.1. The first-order valence-corrected chi connectivity index (χ1v) is 7.40. The van der Waals surface area contributed by atoms with Crippen LogP contribution in [0.25, 0.3) is 0 Å². The molecule has 0 saturated carbocycles. The van der Waals surface area contributed by atoms with Crippen molar-refractivity contribution in [1.29, 1.82) is 0 Å². The van der Waals surface area contributed by atoms with Gasteiger partial charge in [0.2, 0.25) is 0 Å². The molecule has 0 aliphatic carbocycles. The van der Waals surface area contributed by atoms with Gasteiger partial charge in [-0.1, -0.05) is 44.2 Å². The maximum Gasteiger partial charge on any atom is 0.434 e. The number of ether oxygens (including phenoxy) is 1. The fourth-order valence-electron chi connectivity index (χ4n) is 2.14. The second-order valence-corrected chi connectivity index (χ2v) is 5.94. The van der Waals surface area contributed by atoms with Crippen LogP contribution in [0.3, 0.4) is 0 Å². The van der Waals surface area contributed by atoms with E-state index in [4.69, 9.17) is 21.2 Å². The van der Waals surface area contributed by atoms with E-state index >= 15 is 0 Å². The average molecular weight is 314 g/mol. The van der Waals surface area contributed by atoms with E-state index in [-0.39, 0.29) is 18.6 Å². The Balaban J connectivity index is 1.91. The van der Waals surface area contributed by atoms with E-state index in [2.05, 4.69) is 0 Å². The fourth-order valence-corrected chi connectivity index (χ4v) is 2.34. The van der Waals surface area contributed by atoms with Crippen LogP contribution in [-0.4, -0.2) is 40.9 Å². The molecular formula is C15H20ClNO4. The summed E-state index contributed by atoms with van der Waals surface area (Å²) in [7, 11) is 0. The number of carbonyl (C=O) groups excluding carboxylic acids is 1. The minimum absolute atomic E-state index is 0.0237. The van der Waals surface area contributed by atoms with Gasteiger partial charge in [-0.05, 0) is 11.5 Å². The Morgan fingerprint density at radius 2 is 2.10 bits per heavy atom. The minimum atomic E-state index is -0.857. The Kier molecular flexibility index (Phi) is 5.45. The minimum Gasteiger partial charge on any atom is -0.446 e. The van der Waals surface area contributed by atoms with Crippen molar-refractivity contribution in [2.45, 2.75) is 31.4 Å². The van der Waals surface area contributed by atoms with E-state index < -0.39 is 17.6 Å². The van der Waals surface area contributed by atoms with Gasteiger partial charge >= 0.3 is 6.09 Å². The van der Waals surface area contributed by atoms with Crippen LogP contribution in [0.15, 0.2) is 30.3 Å². The predicted molar refractivity (Wildman–Crippen MR) is 78.8 cm³/mol. The first-order chi connectivity index (χ1) is 10.0. The zero-order valence-electron chi connectivity index (χ0n) is 12.1. The van der Waals surface area contributed by atoms with Crippen molar-refractivity contribution in [3.63, 3.8) is 0 Å². The zero-order chi connectivity index (χ0) is 15.4. The van der Waals surface area contributed by atoms with Gasteiger partial charge in [0.05, 0.1) is 24.1 Å². The third kappa shape index (κ3) is 3.87. The average Bonchev–Trinajstić information content (AvgIpc) is 2.86. The Labute approximate surface area is 129 Å². The van der Waals surface area contributed by atoms with Gasteiger partial charge in [0, 0.05) is 0 Å². The molecule has 1 N–H and O–H groups in total. The maximum atomic E-state index is 11.6. The predicted octanol–water partition coefficient (Wildman–Crippen LogP) is 2.74. The number of aliphatic hydroxyl groups excluding tert-OH is 1. The molecule has 5 nitrogen and oxygen atoms in total. The second kappa shape index (κ2) is 7.11. The van der Waals surface area contributed by atoms with Gasteiger partial charge in [0.25, 0.3) is 0 Å². The molecule has 1 amide bonds. The molecule has 1 aliphatic heterocycles. The molecule has 1 heterocycles. The highest BCUT2D eigenvalue weighted by Gasteiger charge is 2.37. The standard InChI is InChI=1S/C15H20ClNO4/c1-10(2)13-9-20-15(19)17(13)21-8-12(16)14(18)11-6-4-3-5-7-11/h3-7,10,12-14,18H,8-9H2,1-2H3/t12-,13+,14-/m0/s1. The summed E-state index contributed by atoms with van der Waals surface area (Å²) >= 11 is 6.17. The summed E-state index contributed by atoms with van der Waals surface area (Å²) < 4.78 is 4.97.